The number of ether oxygens (including phenoxy) is 2. The first kappa shape index (κ1) is 28.3. The summed E-state index contributed by atoms with van der Waals surface area (Å²) in [6.07, 6.45) is 1.84. The van der Waals surface area contributed by atoms with Gasteiger partial charge in [0.2, 0.25) is 0 Å². The lowest BCUT2D eigenvalue weighted by Crippen LogP contribution is -2.09. The van der Waals surface area contributed by atoms with E-state index in [-0.39, 0.29) is 0 Å². The minimum absolute atomic E-state index is 0.397. The molecule has 188 valence electrons. The Bertz CT molecular complexity index is 1160. The molecule has 0 radical (unpaired) electrons. The third-order valence-electron chi connectivity index (χ3n) is 5.40. The molecular weight excluding hydrogens is 448 g/mol. The van der Waals surface area contributed by atoms with Crippen LogP contribution in [-0.2, 0) is 12.8 Å². The molecule has 0 spiro atoms. The molecule has 4 aromatic carbocycles. The van der Waals surface area contributed by atoms with Crippen LogP contribution in [0.25, 0.3) is 10.8 Å². The summed E-state index contributed by atoms with van der Waals surface area (Å²) in [6, 6.07) is 25.5. The third-order valence-corrected chi connectivity index (χ3v) is 5.40. The van der Waals surface area contributed by atoms with Crippen molar-refractivity contribution in [2.45, 2.75) is 54.4 Å². The van der Waals surface area contributed by atoms with E-state index < -0.39 is 11.9 Å². The van der Waals surface area contributed by atoms with Crippen molar-refractivity contribution in [3.63, 3.8) is 0 Å². The standard InChI is InChI=1S/C28H24O4.2C2H6/c1-3-19-5-9-21(10-6-19)27(29)31-25-15-13-24-18-26(16-14-23(24)17-25)32-28(30)22-11-7-20(4-2)8-12-22;2*1-2/h5-18H,3-4H2,1-2H3;2*1-2H3. The Hall–Kier alpha value is -3.92. The fourth-order valence-corrected chi connectivity index (χ4v) is 3.41. The van der Waals surface area contributed by atoms with E-state index in [0.717, 1.165) is 23.6 Å². The van der Waals surface area contributed by atoms with Gasteiger partial charge in [0, 0.05) is 0 Å². The molecule has 0 aliphatic heterocycles. The van der Waals surface area contributed by atoms with Gasteiger partial charge in [-0.05, 0) is 83.3 Å². The summed E-state index contributed by atoms with van der Waals surface area (Å²) in [4.78, 5) is 24.8. The first-order valence-electron chi connectivity index (χ1n) is 12.7. The summed E-state index contributed by atoms with van der Waals surface area (Å²) in [7, 11) is 0. The summed E-state index contributed by atoms with van der Waals surface area (Å²) in [5.41, 5.74) is 3.36. The number of hydrogen-bond acceptors (Lipinski definition) is 4. The number of rotatable bonds is 6. The Morgan fingerprint density at radius 1 is 0.528 bits per heavy atom. The van der Waals surface area contributed by atoms with Crippen molar-refractivity contribution in [2.24, 2.45) is 0 Å². The highest BCUT2D eigenvalue weighted by Gasteiger charge is 2.11. The average molecular weight is 485 g/mol. The zero-order valence-electron chi connectivity index (χ0n) is 22.1. The maximum Gasteiger partial charge on any atom is 0.343 e. The lowest BCUT2D eigenvalue weighted by molar-refractivity contribution is 0.0725. The Balaban J connectivity index is 0.00000109. The van der Waals surface area contributed by atoms with Crippen LogP contribution < -0.4 is 9.47 Å². The number of carbonyl (C=O) groups excluding carboxylic acids is 2. The molecule has 4 aromatic rings. The minimum atomic E-state index is -0.397. The van der Waals surface area contributed by atoms with Crippen LogP contribution in [0, 0.1) is 0 Å². The molecular formula is C32H36O4. The van der Waals surface area contributed by atoms with E-state index in [0.29, 0.717) is 22.6 Å². The van der Waals surface area contributed by atoms with E-state index in [1.54, 1.807) is 48.5 Å². The summed E-state index contributed by atoms with van der Waals surface area (Å²) in [5.74, 6) is 0.129. The number of carbonyl (C=O) groups is 2. The molecule has 0 unspecified atom stereocenters. The Labute approximate surface area is 214 Å². The molecule has 0 heterocycles. The number of hydrogen-bond donors (Lipinski definition) is 0. The molecule has 4 rings (SSSR count). The number of aryl methyl sites for hydroxylation is 2. The van der Waals surface area contributed by atoms with Crippen LogP contribution in [0.3, 0.4) is 0 Å². The molecule has 0 fully saturated rings. The SMILES string of the molecule is CC.CC.CCc1ccc(C(=O)Oc2ccc3cc(OC(=O)c4ccc(CC)cc4)ccc3c2)cc1. The smallest absolute Gasteiger partial charge is 0.343 e. The van der Waals surface area contributed by atoms with Crippen molar-refractivity contribution in [1.82, 2.24) is 0 Å². The van der Waals surface area contributed by atoms with Gasteiger partial charge >= 0.3 is 11.9 Å². The first-order chi connectivity index (χ1) is 17.6. The lowest BCUT2D eigenvalue weighted by Gasteiger charge is -2.08. The monoisotopic (exact) mass is 484 g/mol. The zero-order chi connectivity index (χ0) is 26.5. The summed E-state index contributed by atoms with van der Waals surface area (Å²) in [5, 5.41) is 1.76. The molecule has 36 heavy (non-hydrogen) atoms. The van der Waals surface area contributed by atoms with Crippen LogP contribution in [0.1, 0.15) is 73.4 Å². The van der Waals surface area contributed by atoms with Gasteiger partial charge in [0.05, 0.1) is 11.1 Å². The molecule has 0 aliphatic carbocycles. The minimum Gasteiger partial charge on any atom is -0.423 e. The maximum atomic E-state index is 12.4. The Morgan fingerprint density at radius 2 is 0.861 bits per heavy atom. The maximum absolute atomic E-state index is 12.4. The second kappa shape index (κ2) is 14.5. The van der Waals surface area contributed by atoms with Gasteiger partial charge in [-0.3, -0.25) is 0 Å². The zero-order valence-corrected chi connectivity index (χ0v) is 22.1. The largest absolute Gasteiger partial charge is 0.423 e. The normalized spacial score (nSPS) is 9.83. The molecule has 0 bridgehead atoms. The molecule has 0 aromatic heterocycles. The first-order valence-corrected chi connectivity index (χ1v) is 12.7. The molecule has 0 saturated heterocycles. The van der Waals surface area contributed by atoms with E-state index in [2.05, 4.69) is 13.8 Å². The summed E-state index contributed by atoms with van der Waals surface area (Å²) >= 11 is 0. The van der Waals surface area contributed by atoms with Gasteiger partial charge in [-0.25, -0.2) is 9.59 Å². The van der Waals surface area contributed by atoms with Crippen molar-refractivity contribution in [1.29, 1.82) is 0 Å². The van der Waals surface area contributed by atoms with Crippen LogP contribution in [-0.4, -0.2) is 11.9 Å². The van der Waals surface area contributed by atoms with E-state index in [1.165, 1.54) is 11.1 Å². The topological polar surface area (TPSA) is 52.6 Å². The van der Waals surface area contributed by atoms with Gasteiger partial charge in [-0.15, -0.1) is 0 Å². The Morgan fingerprint density at radius 3 is 1.17 bits per heavy atom. The molecule has 0 amide bonds. The molecule has 0 saturated carbocycles. The Kier molecular flexibility index (Phi) is 11.4. The second-order valence-electron chi connectivity index (χ2n) is 7.55. The predicted molar refractivity (Wildman–Crippen MR) is 148 cm³/mol. The van der Waals surface area contributed by atoms with Crippen molar-refractivity contribution < 1.29 is 19.1 Å². The van der Waals surface area contributed by atoms with Crippen LogP contribution in [0.2, 0.25) is 0 Å². The number of esters is 2. The predicted octanol–water partition coefficient (Wildman–Crippen LogP) is 8.46. The molecule has 0 atom stereocenters. The third kappa shape index (κ3) is 7.54. The van der Waals surface area contributed by atoms with E-state index in [1.807, 2.05) is 64.1 Å². The van der Waals surface area contributed by atoms with Crippen LogP contribution >= 0.6 is 0 Å². The highest BCUT2D eigenvalue weighted by molar-refractivity contribution is 5.93. The molecule has 0 aliphatic rings. The fraction of sp³-hybridized carbons (Fsp3) is 0.250. The van der Waals surface area contributed by atoms with E-state index >= 15 is 0 Å². The van der Waals surface area contributed by atoms with Gasteiger partial charge in [0.15, 0.2) is 0 Å². The highest BCUT2D eigenvalue weighted by Crippen LogP contribution is 2.26. The van der Waals surface area contributed by atoms with Crippen LogP contribution in [0.15, 0.2) is 84.9 Å². The van der Waals surface area contributed by atoms with Crippen molar-refractivity contribution in [3.05, 3.63) is 107 Å². The molecule has 0 N–H and O–H groups in total. The van der Waals surface area contributed by atoms with Crippen LogP contribution in [0.5, 0.6) is 11.5 Å². The average Bonchev–Trinajstić information content (AvgIpc) is 2.95. The van der Waals surface area contributed by atoms with Gasteiger partial charge < -0.3 is 9.47 Å². The summed E-state index contributed by atoms with van der Waals surface area (Å²) in [6.45, 7) is 12.1. The lowest BCUT2D eigenvalue weighted by atomic mass is 10.1. The second-order valence-corrected chi connectivity index (χ2v) is 7.55. The van der Waals surface area contributed by atoms with Crippen molar-refractivity contribution >= 4 is 22.7 Å². The molecule has 4 heteroatoms. The van der Waals surface area contributed by atoms with Crippen molar-refractivity contribution in [3.8, 4) is 11.5 Å². The quantitative estimate of drug-likeness (QED) is 0.203. The van der Waals surface area contributed by atoms with Gasteiger partial charge in [0.1, 0.15) is 11.5 Å². The van der Waals surface area contributed by atoms with Crippen LogP contribution in [0.4, 0.5) is 0 Å². The number of benzene rings is 4. The van der Waals surface area contributed by atoms with E-state index in [4.69, 9.17) is 9.47 Å². The number of fused-ring (bicyclic) bond motifs is 1. The van der Waals surface area contributed by atoms with Gasteiger partial charge in [-0.1, -0.05) is 77.9 Å². The summed E-state index contributed by atoms with van der Waals surface area (Å²) < 4.78 is 11.1. The van der Waals surface area contributed by atoms with Crippen molar-refractivity contribution in [2.75, 3.05) is 0 Å². The van der Waals surface area contributed by atoms with Gasteiger partial charge in [0.25, 0.3) is 0 Å². The molecule has 4 nitrogen and oxygen atoms in total. The van der Waals surface area contributed by atoms with Gasteiger partial charge in [-0.2, -0.15) is 0 Å². The fourth-order valence-electron chi connectivity index (χ4n) is 3.41. The highest BCUT2D eigenvalue weighted by atomic mass is 16.5. The van der Waals surface area contributed by atoms with E-state index in [9.17, 15) is 9.59 Å².